The van der Waals surface area contributed by atoms with E-state index in [0.29, 0.717) is 6.61 Å². The molecule has 0 aliphatic heterocycles. The van der Waals surface area contributed by atoms with Gasteiger partial charge >= 0.3 is 0 Å². The fourth-order valence-corrected chi connectivity index (χ4v) is 2.28. The second kappa shape index (κ2) is 7.81. The van der Waals surface area contributed by atoms with E-state index in [1.54, 1.807) is 12.7 Å². The van der Waals surface area contributed by atoms with E-state index in [1.165, 1.54) is 0 Å². The molecule has 0 bridgehead atoms. The zero-order valence-electron chi connectivity index (χ0n) is 12.5. The Morgan fingerprint density at radius 1 is 0.958 bits per heavy atom. The Morgan fingerprint density at radius 2 is 1.71 bits per heavy atom. The van der Waals surface area contributed by atoms with Gasteiger partial charge in [0.05, 0.1) is 16.7 Å². The highest BCUT2D eigenvalue weighted by atomic mass is 35.5. The molecule has 8 heteroatoms. The van der Waals surface area contributed by atoms with Gasteiger partial charge in [-0.1, -0.05) is 18.2 Å². The van der Waals surface area contributed by atoms with Crippen LogP contribution in [-0.2, 0) is 6.61 Å². The Morgan fingerprint density at radius 3 is 2.46 bits per heavy atom. The Labute approximate surface area is 150 Å². The van der Waals surface area contributed by atoms with Gasteiger partial charge in [0.15, 0.2) is 0 Å². The normalized spacial score (nSPS) is 10.0. The fourth-order valence-electron chi connectivity index (χ4n) is 2.28. The topological polar surface area (TPSA) is 68.6 Å². The van der Waals surface area contributed by atoms with Crippen molar-refractivity contribution in [1.29, 1.82) is 0 Å². The predicted octanol–water partition coefficient (Wildman–Crippen LogP) is 3.57. The molecular weight excluding hydrogens is 349 g/mol. The molecular formula is C16H15Cl2N5O. The molecule has 2 aromatic heterocycles. The number of hydrogen-bond acceptors (Lipinski definition) is 4. The Kier molecular flexibility index (Phi) is 5.78. The van der Waals surface area contributed by atoms with Crippen molar-refractivity contribution < 1.29 is 4.74 Å². The number of hydrogen-bond donors (Lipinski definition) is 1. The van der Waals surface area contributed by atoms with Crippen LogP contribution in [0.1, 0.15) is 5.82 Å². The summed E-state index contributed by atoms with van der Waals surface area (Å²) in [6, 6.07) is 15.7. The van der Waals surface area contributed by atoms with Crippen molar-refractivity contribution in [2.24, 2.45) is 0 Å². The monoisotopic (exact) mass is 363 g/mol. The number of fused-ring (bicyclic) bond motifs is 1. The molecule has 0 unspecified atom stereocenters. The van der Waals surface area contributed by atoms with E-state index in [2.05, 4.69) is 20.2 Å². The molecule has 6 nitrogen and oxygen atoms in total. The molecule has 24 heavy (non-hydrogen) atoms. The molecule has 0 aliphatic rings. The number of H-pyrrole nitrogens is 1. The zero-order valence-corrected chi connectivity index (χ0v) is 14.1. The van der Waals surface area contributed by atoms with Gasteiger partial charge < -0.3 is 9.72 Å². The van der Waals surface area contributed by atoms with Crippen LogP contribution >= 0.6 is 24.8 Å². The van der Waals surface area contributed by atoms with Crippen LogP contribution in [-0.4, -0.2) is 24.7 Å². The number of rotatable bonds is 4. The molecule has 0 saturated carbocycles. The van der Waals surface area contributed by atoms with E-state index < -0.39 is 0 Å². The number of halogens is 2. The second-order valence-electron chi connectivity index (χ2n) is 4.86. The van der Waals surface area contributed by atoms with E-state index in [1.807, 2.05) is 53.1 Å². The Bertz CT molecular complexity index is 893. The van der Waals surface area contributed by atoms with Gasteiger partial charge in [-0.25, -0.2) is 4.98 Å². The van der Waals surface area contributed by atoms with Gasteiger partial charge in [-0.2, -0.15) is 0 Å². The summed E-state index contributed by atoms with van der Waals surface area (Å²) in [6.45, 7) is 0.403. The van der Waals surface area contributed by atoms with Crippen LogP contribution < -0.4 is 4.74 Å². The van der Waals surface area contributed by atoms with Crippen LogP contribution in [0.4, 0.5) is 0 Å². The highest BCUT2D eigenvalue weighted by molar-refractivity contribution is 5.85. The Hall–Kier alpha value is -2.57. The minimum absolute atomic E-state index is 0. The van der Waals surface area contributed by atoms with Gasteiger partial charge in [-0.3, -0.25) is 4.57 Å². The third-order valence-corrected chi connectivity index (χ3v) is 3.35. The van der Waals surface area contributed by atoms with E-state index in [4.69, 9.17) is 4.74 Å². The van der Waals surface area contributed by atoms with Crippen molar-refractivity contribution in [3.05, 3.63) is 67.0 Å². The summed E-state index contributed by atoms with van der Waals surface area (Å²) in [4.78, 5) is 7.81. The summed E-state index contributed by atoms with van der Waals surface area (Å²) >= 11 is 0. The maximum absolute atomic E-state index is 5.71. The number of nitrogens with zero attached hydrogens (tertiary/aromatic N) is 4. The highest BCUT2D eigenvalue weighted by Gasteiger charge is 2.05. The van der Waals surface area contributed by atoms with E-state index in [9.17, 15) is 0 Å². The van der Waals surface area contributed by atoms with Crippen LogP contribution in [0.15, 0.2) is 61.2 Å². The summed E-state index contributed by atoms with van der Waals surface area (Å²) < 4.78 is 7.55. The molecule has 0 radical (unpaired) electrons. The minimum Gasteiger partial charge on any atom is -0.486 e. The summed E-state index contributed by atoms with van der Waals surface area (Å²) in [6.07, 6.45) is 3.33. The van der Waals surface area contributed by atoms with Crippen molar-refractivity contribution in [3.8, 4) is 11.4 Å². The number of imidazole rings is 1. The molecule has 4 rings (SSSR count). The number of para-hydroxylation sites is 1. The molecule has 124 valence electrons. The summed E-state index contributed by atoms with van der Waals surface area (Å²) in [5, 5.41) is 7.63. The van der Waals surface area contributed by atoms with Crippen molar-refractivity contribution >= 4 is 35.8 Å². The van der Waals surface area contributed by atoms with Crippen molar-refractivity contribution in [3.63, 3.8) is 0 Å². The molecule has 0 saturated heterocycles. The number of benzene rings is 2. The first kappa shape index (κ1) is 17.8. The third kappa shape index (κ3) is 3.67. The van der Waals surface area contributed by atoms with Crippen LogP contribution in [0.2, 0.25) is 0 Å². The van der Waals surface area contributed by atoms with Crippen molar-refractivity contribution in [1.82, 2.24) is 24.7 Å². The summed E-state index contributed by atoms with van der Waals surface area (Å²) in [7, 11) is 0. The largest absolute Gasteiger partial charge is 0.486 e. The van der Waals surface area contributed by atoms with Gasteiger partial charge in [-0.15, -0.1) is 35.0 Å². The smallest absolute Gasteiger partial charge is 0.146 e. The molecule has 4 aromatic rings. The van der Waals surface area contributed by atoms with Crippen LogP contribution in [0.25, 0.3) is 16.7 Å². The van der Waals surface area contributed by atoms with Gasteiger partial charge in [0.2, 0.25) is 0 Å². The first-order valence-electron chi connectivity index (χ1n) is 6.90. The quantitative estimate of drug-likeness (QED) is 0.601. The first-order valence-corrected chi connectivity index (χ1v) is 6.90. The summed E-state index contributed by atoms with van der Waals surface area (Å²) in [5.74, 6) is 1.62. The molecule has 1 N–H and O–H groups in total. The molecule has 0 amide bonds. The lowest BCUT2D eigenvalue weighted by Gasteiger charge is -2.02. The van der Waals surface area contributed by atoms with Gasteiger partial charge in [0, 0.05) is 0 Å². The lowest BCUT2D eigenvalue weighted by atomic mass is 10.3. The maximum atomic E-state index is 5.71. The molecule has 0 aliphatic carbocycles. The molecule has 2 aromatic carbocycles. The Balaban J connectivity index is 0.00000104. The summed E-state index contributed by atoms with van der Waals surface area (Å²) in [5.41, 5.74) is 2.85. The third-order valence-electron chi connectivity index (χ3n) is 3.35. The van der Waals surface area contributed by atoms with Crippen LogP contribution in [0.5, 0.6) is 5.75 Å². The van der Waals surface area contributed by atoms with Crippen molar-refractivity contribution in [2.45, 2.75) is 6.61 Å². The van der Waals surface area contributed by atoms with Crippen LogP contribution in [0.3, 0.4) is 0 Å². The predicted molar refractivity (Wildman–Crippen MR) is 96.3 cm³/mol. The standard InChI is InChI=1S/C16H13N5O.2ClH/c1-2-4-13(5-3-1)22-9-16-19-14-7-6-12(8-15(14)20-16)21-10-17-18-11-21;;/h1-8,10-11H,9H2,(H,19,20);2*1H. The number of aromatic amines is 1. The molecule has 0 fully saturated rings. The fraction of sp³-hybridized carbons (Fsp3) is 0.0625. The molecule has 2 heterocycles. The lowest BCUT2D eigenvalue weighted by molar-refractivity contribution is 0.297. The van der Waals surface area contributed by atoms with Gasteiger partial charge in [-0.05, 0) is 30.3 Å². The van der Waals surface area contributed by atoms with Gasteiger partial charge in [0.1, 0.15) is 30.8 Å². The molecule has 0 spiro atoms. The van der Waals surface area contributed by atoms with E-state index in [-0.39, 0.29) is 24.8 Å². The average Bonchev–Trinajstić information content (AvgIpc) is 3.22. The zero-order chi connectivity index (χ0) is 14.8. The average molecular weight is 364 g/mol. The van der Waals surface area contributed by atoms with Crippen LogP contribution in [0, 0.1) is 0 Å². The van der Waals surface area contributed by atoms with E-state index >= 15 is 0 Å². The van der Waals surface area contributed by atoms with E-state index in [0.717, 1.165) is 28.3 Å². The second-order valence-corrected chi connectivity index (χ2v) is 4.86. The molecule has 0 atom stereocenters. The van der Waals surface area contributed by atoms with Crippen molar-refractivity contribution in [2.75, 3.05) is 0 Å². The number of aromatic nitrogens is 5. The first-order chi connectivity index (χ1) is 10.9. The number of ether oxygens (including phenoxy) is 1. The number of nitrogens with one attached hydrogen (secondary N) is 1. The SMILES string of the molecule is Cl.Cl.c1ccc(OCc2nc3ccc(-n4cnnc4)cc3[nH]2)cc1. The highest BCUT2D eigenvalue weighted by Crippen LogP contribution is 2.17. The maximum Gasteiger partial charge on any atom is 0.146 e. The lowest BCUT2D eigenvalue weighted by Crippen LogP contribution is -1.96. The minimum atomic E-state index is 0. The van der Waals surface area contributed by atoms with Gasteiger partial charge in [0.25, 0.3) is 0 Å².